The largest absolute Gasteiger partial charge is 0.466 e. The van der Waals surface area contributed by atoms with E-state index in [0.29, 0.717) is 31.8 Å². The van der Waals surface area contributed by atoms with Crippen molar-refractivity contribution in [2.45, 2.75) is 51.0 Å². The van der Waals surface area contributed by atoms with Gasteiger partial charge in [-0.25, -0.2) is 0 Å². The maximum Gasteiger partial charge on any atom is 0.310 e. The Morgan fingerprint density at radius 3 is 2.77 bits per heavy atom. The first-order chi connectivity index (χ1) is 12.7. The van der Waals surface area contributed by atoms with Crippen molar-refractivity contribution in [2.75, 3.05) is 26.4 Å². The molecule has 3 atom stereocenters. The van der Waals surface area contributed by atoms with Crippen molar-refractivity contribution in [3.05, 3.63) is 35.9 Å². The summed E-state index contributed by atoms with van der Waals surface area (Å²) in [6.45, 7) is 5.36. The molecule has 26 heavy (non-hydrogen) atoms. The number of nitrogens with zero attached hydrogens (tertiary/aromatic N) is 1. The van der Waals surface area contributed by atoms with Gasteiger partial charge in [0.15, 0.2) is 5.79 Å². The van der Waals surface area contributed by atoms with Crippen molar-refractivity contribution < 1.29 is 19.0 Å². The number of fused-ring (bicyclic) bond motifs is 1. The van der Waals surface area contributed by atoms with Crippen LogP contribution in [0.25, 0.3) is 0 Å². The summed E-state index contributed by atoms with van der Waals surface area (Å²) in [4.78, 5) is 15.0. The molecule has 2 heterocycles. The van der Waals surface area contributed by atoms with Crippen LogP contribution in [-0.4, -0.2) is 49.1 Å². The normalized spacial score (nSPS) is 30.9. The molecule has 2 aliphatic heterocycles. The van der Waals surface area contributed by atoms with Crippen molar-refractivity contribution in [3.63, 3.8) is 0 Å². The summed E-state index contributed by atoms with van der Waals surface area (Å²) in [7, 11) is 0. The molecule has 1 aliphatic carbocycles. The molecule has 3 aliphatic rings. The van der Waals surface area contributed by atoms with Gasteiger partial charge < -0.3 is 14.2 Å². The SMILES string of the molecule is CCOC(=O)[C@@H]1C[C@@H]2CC3(CC[C@H]2N(Cc2ccccc2)C1)OCCO3. The first-order valence-corrected chi connectivity index (χ1v) is 9.91. The number of carbonyl (C=O) groups excluding carboxylic acids is 1. The van der Waals surface area contributed by atoms with Crippen LogP contribution < -0.4 is 0 Å². The van der Waals surface area contributed by atoms with Crippen LogP contribution in [0.5, 0.6) is 0 Å². The summed E-state index contributed by atoms with van der Waals surface area (Å²) in [5, 5.41) is 0. The second kappa shape index (κ2) is 7.67. The van der Waals surface area contributed by atoms with E-state index in [1.54, 1.807) is 0 Å². The number of esters is 1. The smallest absolute Gasteiger partial charge is 0.310 e. The van der Waals surface area contributed by atoms with Gasteiger partial charge in [0.2, 0.25) is 0 Å². The van der Waals surface area contributed by atoms with Gasteiger partial charge in [-0.1, -0.05) is 30.3 Å². The molecule has 0 unspecified atom stereocenters. The van der Waals surface area contributed by atoms with Gasteiger partial charge in [0.25, 0.3) is 0 Å². The first kappa shape index (κ1) is 18.0. The van der Waals surface area contributed by atoms with Crippen molar-refractivity contribution in [1.29, 1.82) is 0 Å². The zero-order chi connectivity index (χ0) is 18.0. The number of hydrogen-bond donors (Lipinski definition) is 0. The highest BCUT2D eigenvalue weighted by molar-refractivity contribution is 5.72. The lowest BCUT2D eigenvalue weighted by atomic mass is 9.72. The van der Waals surface area contributed by atoms with Crippen LogP contribution >= 0.6 is 0 Å². The summed E-state index contributed by atoms with van der Waals surface area (Å²) in [5.74, 6) is -0.113. The Morgan fingerprint density at radius 2 is 2.04 bits per heavy atom. The predicted octanol–water partition coefficient (Wildman–Crippen LogP) is 2.98. The second-order valence-corrected chi connectivity index (χ2v) is 7.78. The molecule has 5 heteroatoms. The van der Waals surface area contributed by atoms with Crippen LogP contribution in [0.4, 0.5) is 0 Å². The molecule has 1 aromatic carbocycles. The van der Waals surface area contributed by atoms with Gasteiger partial charge in [0.1, 0.15) is 0 Å². The molecule has 0 aromatic heterocycles. The molecule has 0 N–H and O–H groups in total. The first-order valence-electron chi connectivity index (χ1n) is 9.91. The summed E-state index contributed by atoms with van der Waals surface area (Å²) < 4.78 is 17.3. The lowest BCUT2D eigenvalue weighted by Gasteiger charge is -2.50. The van der Waals surface area contributed by atoms with Crippen LogP contribution in [0.3, 0.4) is 0 Å². The maximum absolute atomic E-state index is 12.5. The molecule has 0 radical (unpaired) electrons. The average Bonchev–Trinajstić information content (AvgIpc) is 3.10. The number of carbonyl (C=O) groups is 1. The molecule has 5 nitrogen and oxygen atoms in total. The fourth-order valence-electron chi connectivity index (χ4n) is 5.01. The van der Waals surface area contributed by atoms with E-state index >= 15 is 0 Å². The van der Waals surface area contributed by atoms with E-state index in [0.717, 1.165) is 38.8 Å². The summed E-state index contributed by atoms with van der Waals surface area (Å²) in [6.07, 6.45) is 3.78. The minimum atomic E-state index is -0.407. The predicted molar refractivity (Wildman–Crippen MR) is 97.4 cm³/mol. The lowest BCUT2D eigenvalue weighted by Crippen LogP contribution is -2.55. The summed E-state index contributed by atoms with van der Waals surface area (Å²) in [6, 6.07) is 11.0. The molecular weight excluding hydrogens is 330 g/mol. The van der Waals surface area contributed by atoms with Crippen LogP contribution in [0.2, 0.25) is 0 Å². The van der Waals surface area contributed by atoms with Gasteiger partial charge in [-0.15, -0.1) is 0 Å². The topological polar surface area (TPSA) is 48.0 Å². The molecule has 142 valence electrons. The Labute approximate surface area is 155 Å². The molecule has 0 bridgehead atoms. The number of piperidine rings is 1. The molecule has 2 saturated heterocycles. The van der Waals surface area contributed by atoms with Crippen molar-refractivity contribution in [1.82, 2.24) is 4.90 Å². The highest BCUT2D eigenvalue weighted by Crippen LogP contribution is 2.45. The van der Waals surface area contributed by atoms with Crippen LogP contribution in [-0.2, 0) is 25.5 Å². The van der Waals surface area contributed by atoms with E-state index in [9.17, 15) is 4.79 Å². The van der Waals surface area contributed by atoms with Crippen molar-refractivity contribution >= 4 is 5.97 Å². The quantitative estimate of drug-likeness (QED) is 0.774. The maximum atomic E-state index is 12.5. The van der Waals surface area contributed by atoms with E-state index < -0.39 is 5.79 Å². The van der Waals surface area contributed by atoms with Crippen LogP contribution in [0.15, 0.2) is 30.3 Å². The number of likely N-dealkylation sites (tertiary alicyclic amines) is 1. The Morgan fingerprint density at radius 1 is 1.27 bits per heavy atom. The standard InChI is InChI=1S/C21H29NO4/c1-2-24-20(23)18-12-17-13-21(25-10-11-26-21)9-8-19(17)22(15-18)14-16-6-4-3-5-7-16/h3-7,17-19H,2,8-15H2,1H3/t17-,18-,19-/m1/s1. The second-order valence-electron chi connectivity index (χ2n) is 7.78. The summed E-state index contributed by atoms with van der Waals surface area (Å²) in [5.41, 5.74) is 1.30. The Bertz CT molecular complexity index is 614. The van der Waals surface area contributed by atoms with Gasteiger partial charge in [0.05, 0.1) is 25.7 Å². The molecule has 1 spiro atoms. The van der Waals surface area contributed by atoms with E-state index in [1.165, 1.54) is 5.56 Å². The fraction of sp³-hybridized carbons (Fsp3) is 0.667. The highest BCUT2D eigenvalue weighted by Gasteiger charge is 2.50. The van der Waals surface area contributed by atoms with Crippen molar-refractivity contribution in [3.8, 4) is 0 Å². The van der Waals surface area contributed by atoms with Crippen molar-refractivity contribution in [2.24, 2.45) is 11.8 Å². The Balaban J connectivity index is 1.53. The van der Waals surface area contributed by atoms with Gasteiger partial charge in [0, 0.05) is 32.0 Å². The zero-order valence-electron chi connectivity index (χ0n) is 15.6. The van der Waals surface area contributed by atoms with Gasteiger partial charge in [-0.2, -0.15) is 0 Å². The van der Waals surface area contributed by atoms with E-state index in [2.05, 4.69) is 29.2 Å². The highest BCUT2D eigenvalue weighted by atomic mass is 16.7. The number of ether oxygens (including phenoxy) is 3. The number of hydrogen-bond acceptors (Lipinski definition) is 5. The lowest BCUT2D eigenvalue weighted by molar-refractivity contribution is -0.205. The van der Waals surface area contributed by atoms with E-state index in [1.807, 2.05) is 13.0 Å². The number of benzene rings is 1. The van der Waals surface area contributed by atoms with Crippen LogP contribution in [0, 0.1) is 11.8 Å². The number of rotatable bonds is 4. The molecule has 3 fully saturated rings. The minimum Gasteiger partial charge on any atom is -0.466 e. The van der Waals surface area contributed by atoms with Gasteiger partial charge in [-0.3, -0.25) is 9.69 Å². The fourth-order valence-corrected chi connectivity index (χ4v) is 5.01. The molecule has 0 amide bonds. The molecule has 4 rings (SSSR count). The average molecular weight is 359 g/mol. The third-order valence-corrected chi connectivity index (χ3v) is 6.11. The zero-order valence-corrected chi connectivity index (χ0v) is 15.6. The van der Waals surface area contributed by atoms with E-state index in [-0.39, 0.29) is 11.9 Å². The monoisotopic (exact) mass is 359 g/mol. The molecule has 1 saturated carbocycles. The van der Waals surface area contributed by atoms with Gasteiger partial charge >= 0.3 is 5.97 Å². The van der Waals surface area contributed by atoms with E-state index in [4.69, 9.17) is 14.2 Å². The minimum absolute atomic E-state index is 0.0584. The molecular formula is C21H29NO4. The van der Waals surface area contributed by atoms with Crippen LogP contribution in [0.1, 0.15) is 38.2 Å². The third-order valence-electron chi connectivity index (χ3n) is 6.11. The Hall–Kier alpha value is -1.43. The van der Waals surface area contributed by atoms with Gasteiger partial charge in [-0.05, 0) is 31.2 Å². The third kappa shape index (κ3) is 3.66. The molecule has 1 aromatic rings. The summed E-state index contributed by atoms with van der Waals surface area (Å²) >= 11 is 0. The Kier molecular flexibility index (Phi) is 5.30.